The molecule has 0 aromatic carbocycles. The van der Waals surface area contributed by atoms with Crippen LogP contribution in [0.4, 0.5) is 0 Å². The Bertz CT molecular complexity index is 425. The molecule has 1 heterocycles. The molecule has 1 saturated heterocycles. The van der Waals surface area contributed by atoms with Gasteiger partial charge in [-0.1, -0.05) is 13.8 Å². The second-order valence-corrected chi connectivity index (χ2v) is 7.61. The zero-order valence-corrected chi connectivity index (χ0v) is 17.1. The maximum atomic E-state index is 11.5. The van der Waals surface area contributed by atoms with E-state index in [4.69, 9.17) is 0 Å². The second-order valence-electron chi connectivity index (χ2n) is 5.39. The average molecular weight is 446 g/mol. The van der Waals surface area contributed by atoms with Gasteiger partial charge in [-0.05, 0) is 39.4 Å². The lowest BCUT2D eigenvalue weighted by Crippen LogP contribution is -2.44. The lowest BCUT2D eigenvalue weighted by Gasteiger charge is -2.18. The van der Waals surface area contributed by atoms with Gasteiger partial charge in [0.2, 0.25) is 0 Å². The summed E-state index contributed by atoms with van der Waals surface area (Å²) >= 11 is 0. The van der Waals surface area contributed by atoms with Crippen molar-refractivity contribution in [1.29, 1.82) is 0 Å². The molecule has 8 heteroatoms. The smallest absolute Gasteiger partial charge is 0.191 e. The zero-order chi connectivity index (χ0) is 15.7. The van der Waals surface area contributed by atoms with Crippen molar-refractivity contribution in [2.75, 3.05) is 44.2 Å². The van der Waals surface area contributed by atoms with Crippen LogP contribution in [0.2, 0.25) is 0 Å². The van der Waals surface area contributed by atoms with Gasteiger partial charge in [0.1, 0.15) is 0 Å². The molecular formula is C14H31IN4O2S. The van der Waals surface area contributed by atoms with Crippen molar-refractivity contribution >= 4 is 39.8 Å². The first-order valence-electron chi connectivity index (χ1n) is 7.98. The van der Waals surface area contributed by atoms with Crippen LogP contribution in [0.1, 0.15) is 33.6 Å². The fraction of sp³-hybridized carbons (Fsp3) is 0.929. The van der Waals surface area contributed by atoms with Gasteiger partial charge >= 0.3 is 0 Å². The van der Waals surface area contributed by atoms with Gasteiger partial charge < -0.3 is 15.5 Å². The van der Waals surface area contributed by atoms with Crippen LogP contribution in [0.15, 0.2) is 4.99 Å². The molecule has 22 heavy (non-hydrogen) atoms. The highest BCUT2D eigenvalue weighted by Crippen LogP contribution is 2.10. The number of guanidine groups is 1. The first-order valence-corrected chi connectivity index (χ1v) is 9.80. The molecule has 0 bridgehead atoms. The molecule has 1 aliphatic heterocycles. The van der Waals surface area contributed by atoms with E-state index in [2.05, 4.69) is 34.4 Å². The number of hydrogen-bond donors (Lipinski definition) is 2. The lowest BCUT2D eigenvalue weighted by molar-refractivity contribution is 0.302. The zero-order valence-electron chi connectivity index (χ0n) is 14.0. The monoisotopic (exact) mass is 446 g/mol. The summed E-state index contributed by atoms with van der Waals surface area (Å²) in [5.74, 6) is 1.24. The molecule has 1 fully saturated rings. The molecule has 0 amide bonds. The van der Waals surface area contributed by atoms with E-state index in [1.165, 1.54) is 0 Å². The molecule has 2 N–H and O–H groups in total. The molecule has 0 saturated carbocycles. The third kappa shape index (κ3) is 8.52. The Morgan fingerprint density at radius 1 is 1.27 bits per heavy atom. The van der Waals surface area contributed by atoms with E-state index < -0.39 is 9.84 Å². The Hall–Kier alpha value is -0.0900. The van der Waals surface area contributed by atoms with Gasteiger partial charge in [0.05, 0.1) is 11.5 Å². The van der Waals surface area contributed by atoms with Crippen molar-refractivity contribution in [2.24, 2.45) is 4.99 Å². The van der Waals surface area contributed by atoms with Crippen molar-refractivity contribution in [2.45, 2.75) is 39.7 Å². The summed E-state index contributed by atoms with van der Waals surface area (Å²) in [6, 6.07) is -0.00409. The molecule has 1 atom stereocenters. The minimum atomic E-state index is -2.85. The fourth-order valence-electron chi connectivity index (χ4n) is 2.45. The third-order valence-electron chi connectivity index (χ3n) is 3.71. The topological polar surface area (TPSA) is 73.8 Å². The minimum Gasteiger partial charge on any atom is -0.357 e. The Morgan fingerprint density at radius 2 is 1.95 bits per heavy atom. The van der Waals surface area contributed by atoms with Crippen LogP contribution in [-0.2, 0) is 9.84 Å². The van der Waals surface area contributed by atoms with Crippen LogP contribution in [0, 0.1) is 0 Å². The van der Waals surface area contributed by atoms with E-state index in [0.717, 1.165) is 45.1 Å². The molecule has 6 nitrogen and oxygen atoms in total. The number of nitrogens with zero attached hydrogens (tertiary/aromatic N) is 2. The largest absolute Gasteiger partial charge is 0.357 e. The predicted molar refractivity (Wildman–Crippen MR) is 104 cm³/mol. The van der Waals surface area contributed by atoms with Gasteiger partial charge in [-0.2, -0.15) is 0 Å². The summed E-state index contributed by atoms with van der Waals surface area (Å²) < 4.78 is 23.0. The average Bonchev–Trinajstić information content (AvgIpc) is 2.78. The molecular weight excluding hydrogens is 415 g/mol. The standard InChI is InChI=1S/C14H30N4O2S.HI/c1-4-15-14(16-9-7-10-18(5-2)6-3)17-13-8-11-21(19,20)12-13;/h13H,4-12H2,1-3H3,(H2,15,16,17);1H. The molecule has 0 aliphatic carbocycles. The van der Waals surface area contributed by atoms with Crippen molar-refractivity contribution in [3.8, 4) is 0 Å². The number of sulfone groups is 1. The quantitative estimate of drug-likeness (QED) is 0.253. The summed E-state index contributed by atoms with van der Waals surface area (Å²) in [4.78, 5) is 6.91. The molecule has 1 unspecified atom stereocenters. The Labute approximate surface area is 152 Å². The number of aliphatic imine (C=N–C) groups is 1. The molecule has 0 aromatic heterocycles. The van der Waals surface area contributed by atoms with Crippen LogP contribution >= 0.6 is 24.0 Å². The summed E-state index contributed by atoms with van der Waals surface area (Å²) in [5, 5.41) is 6.42. The molecule has 132 valence electrons. The van der Waals surface area contributed by atoms with E-state index in [9.17, 15) is 8.42 Å². The predicted octanol–water partition coefficient (Wildman–Crippen LogP) is 1.08. The molecule has 0 spiro atoms. The summed E-state index contributed by atoms with van der Waals surface area (Å²) in [6.07, 6.45) is 1.69. The Kier molecular flexibility index (Phi) is 11.4. The number of rotatable bonds is 8. The van der Waals surface area contributed by atoms with Crippen LogP contribution in [0.5, 0.6) is 0 Å². The van der Waals surface area contributed by atoms with E-state index in [1.807, 2.05) is 6.92 Å². The van der Waals surface area contributed by atoms with E-state index in [1.54, 1.807) is 0 Å². The first kappa shape index (κ1) is 21.9. The SMILES string of the molecule is CCNC(=NCCCN(CC)CC)NC1CCS(=O)(=O)C1.I. The fourth-order valence-corrected chi connectivity index (χ4v) is 4.12. The molecule has 0 radical (unpaired) electrons. The van der Waals surface area contributed by atoms with Crippen molar-refractivity contribution < 1.29 is 8.42 Å². The van der Waals surface area contributed by atoms with Gasteiger partial charge in [0.25, 0.3) is 0 Å². The summed E-state index contributed by atoms with van der Waals surface area (Å²) in [6.45, 7) is 11.1. The van der Waals surface area contributed by atoms with Crippen molar-refractivity contribution in [3.05, 3.63) is 0 Å². The number of halogens is 1. The van der Waals surface area contributed by atoms with Crippen LogP contribution < -0.4 is 10.6 Å². The van der Waals surface area contributed by atoms with Gasteiger partial charge in [0, 0.05) is 19.1 Å². The highest BCUT2D eigenvalue weighted by atomic mass is 127. The van der Waals surface area contributed by atoms with Gasteiger partial charge in [-0.15, -0.1) is 24.0 Å². The maximum Gasteiger partial charge on any atom is 0.191 e. The lowest BCUT2D eigenvalue weighted by atomic mass is 10.3. The van der Waals surface area contributed by atoms with E-state index in [0.29, 0.717) is 6.42 Å². The van der Waals surface area contributed by atoms with Gasteiger partial charge in [-0.25, -0.2) is 8.42 Å². The summed E-state index contributed by atoms with van der Waals surface area (Å²) in [5.41, 5.74) is 0. The maximum absolute atomic E-state index is 11.5. The Morgan fingerprint density at radius 3 is 2.45 bits per heavy atom. The van der Waals surface area contributed by atoms with Gasteiger partial charge in [-0.3, -0.25) is 4.99 Å². The molecule has 0 aromatic rings. The molecule has 1 aliphatic rings. The minimum absolute atomic E-state index is 0. The molecule has 1 rings (SSSR count). The van der Waals surface area contributed by atoms with Crippen LogP contribution in [0.25, 0.3) is 0 Å². The van der Waals surface area contributed by atoms with Crippen LogP contribution in [0.3, 0.4) is 0 Å². The third-order valence-corrected chi connectivity index (χ3v) is 5.48. The Balaban J connectivity index is 0.00000441. The van der Waals surface area contributed by atoms with Crippen molar-refractivity contribution in [3.63, 3.8) is 0 Å². The first-order chi connectivity index (χ1) is 10.0. The highest BCUT2D eigenvalue weighted by molar-refractivity contribution is 14.0. The number of nitrogens with one attached hydrogen (secondary N) is 2. The number of hydrogen-bond acceptors (Lipinski definition) is 4. The van der Waals surface area contributed by atoms with Crippen LogP contribution in [-0.4, -0.2) is 69.5 Å². The normalized spacial score (nSPS) is 20.7. The van der Waals surface area contributed by atoms with E-state index in [-0.39, 0.29) is 41.5 Å². The van der Waals surface area contributed by atoms with E-state index >= 15 is 0 Å². The summed E-state index contributed by atoms with van der Waals surface area (Å²) in [7, 11) is -2.85. The highest BCUT2D eigenvalue weighted by Gasteiger charge is 2.28. The second kappa shape index (κ2) is 11.4. The van der Waals surface area contributed by atoms with Gasteiger partial charge in [0.15, 0.2) is 15.8 Å². The van der Waals surface area contributed by atoms with Crippen molar-refractivity contribution in [1.82, 2.24) is 15.5 Å².